The Morgan fingerprint density at radius 3 is 2.56 bits per heavy atom. The third kappa shape index (κ3) is 5.34. The first kappa shape index (κ1) is 22.0. The van der Waals surface area contributed by atoms with Gasteiger partial charge in [-0.2, -0.15) is 0 Å². The van der Waals surface area contributed by atoms with E-state index in [1.807, 2.05) is 0 Å². The highest BCUT2D eigenvalue weighted by Gasteiger charge is 2.30. The molecule has 8 nitrogen and oxygen atoms in total. The van der Waals surface area contributed by atoms with Crippen LogP contribution in [0.5, 0.6) is 0 Å². The summed E-state index contributed by atoms with van der Waals surface area (Å²) in [5.41, 5.74) is 1.59. The number of sulfonamides is 1. The first-order chi connectivity index (χ1) is 15.4. The molecule has 2 aromatic carbocycles. The Balaban J connectivity index is 1.21. The Morgan fingerprint density at radius 1 is 1.00 bits per heavy atom. The number of carbonyl (C=O) groups excluding carboxylic acids is 2. The van der Waals surface area contributed by atoms with Gasteiger partial charge in [-0.05, 0) is 49.9 Å². The molecule has 1 aliphatic heterocycles. The van der Waals surface area contributed by atoms with E-state index in [1.54, 1.807) is 48.5 Å². The van der Waals surface area contributed by atoms with Crippen molar-refractivity contribution in [1.29, 1.82) is 0 Å². The van der Waals surface area contributed by atoms with Crippen molar-refractivity contribution >= 4 is 33.4 Å². The smallest absolute Gasteiger partial charge is 0.263 e. The average Bonchev–Trinajstić information content (AvgIpc) is 3.55. The highest BCUT2D eigenvalue weighted by Crippen LogP contribution is 2.23. The van der Waals surface area contributed by atoms with Crippen molar-refractivity contribution in [3.8, 4) is 0 Å². The zero-order valence-corrected chi connectivity index (χ0v) is 18.5. The molecule has 0 atom stereocenters. The number of aliphatic imine (C=N–C) groups is 1. The van der Waals surface area contributed by atoms with Crippen LogP contribution in [0.1, 0.15) is 54.4 Å². The number of hydrogen-bond donors (Lipinski definition) is 3. The van der Waals surface area contributed by atoms with Crippen LogP contribution in [0, 0.1) is 0 Å². The normalized spacial score (nSPS) is 17.4. The van der Waals surface area contributed by atoms with E-state index >= 15 is 0 Å². The molecule has 9 heteroatoms. The fraction of sp³-hybridized carbons (Fsp3) is 0.348. The molecule has 0 bridgehead atoms. The summed E-state index contributed by atoms with van der Waals surface area (Å²) in [7, 11) is -3.52. The lowest BCUT2D eigenvalue weighted by Crippen LogP contribution is -2.26. The average molecular weight is 455 g/mol. The summed E-state index contributed by atoms with van der Waals surface area (Å²) in [5, 5.41) is 5.78. The standard InChI is InChI=1S/C23H26N4O4S/c28-21(26-19-10-5-3-8-17(19)23(29)25-16-13-14-16)12-2-1-7-15-24-22-18-9-4-6-11-20(18)32(30,31)27-22/h3-6,8-11,16H,1-2,7,12-15H2,(H,24,27)(H,25,29)(H,26,28). The van der Waals surface area contributed by atoms with E-state index in [9.17, 15) is 18.0 Å². The van der Waals surface area contributed by atoms with Crippen molar-refractivity contribution in [3.05, 3.63) is 59.7 Å². The van der Waals surface area contributed by atoms with Crippen LogP contribution in [-0.2, 0) is 14.8 Å². The highest BCUT2D eigenvalue weighted by atomic mass is 32.2. The molecule has 0 saturated heterocycles. The number of fused-ring (bicyclic) bond motifs is 1. The highest BCUT2D eigenvalue weighted by molar-refractivity contribution is 7.90. The van der Waals surface area contributed by atoms with E-state index in [2.05, 4.69) is 20.3 Å². The number of unbranched alkanes of at least 4 members (excludes halogenated alkanes) is 2. The molecule has 0 spiro atoms. The Kier molecular flexibility index (Phi) is 6.55. The van der Waals surface area contributed by atoms with Gasteiger partial charge in [-0.15, -0.1) is 0 Å². The van der Waals surface area contributed by atoms with Gasteiger partial charge >= 0.3 is 0 Å². The summed E-state index contributed by atoms with van der Waals surface area (Å²) in [6, 6.07) is 14.0. The molecule has 0 unspecified atom stereocenters. The number of nitrogens with one attached hydrogen (secondary N) is 3. The molecule has 2 aromatic rings. The predicted octanol–water partition coefficient (Wildman–Crippen LogP) is 2.82. The number of benzene rings is 2. The van der Waals surface area contributed by atoms with E-state index in [4.69, 9.17) is 0 Å². The number of hydrogen-bond acceptors (Lipinski definition) is 5. The number of anilines is 1. The summed E-state index contributed by atoms with van der Waals surface area (Å²) >= 11 is 0. The fourth-order valence-corrected chi connectivity index (χ4v) is 4.76. The molecular formula is C23H26N4O4S. The molecule has 3 N–H and O–H groups in total. The van der Waals surface area contributed by atoms with Gasteiger partial charge in [-0.3, -0.25) is 19.3 Å². The maximum atomic E-state index is 12.3. The molecule has 1 saturated carbocycles. The number of amidine groups is 1. The second kappa shape index (κ2) is 9.52. The summed E-state index contributed by atoms with van der Waals surface area (Å²) in [6.07, 6.45) is 4.54. The molecule has 168 valence electrons. The first-order valence-corrected chi connectivity index (χ1v) is 12.3. The first-order valence-electron chi connectivity index (χ1n) is 10.8. The van der Waals surface area contributed by atoms with Crippen LogP contribution in [0.15, 0.2) is 58.4 Å². The van der Waals surface area contributed by atoms with Gasteiger partial charge in [0.1, 0.15) is 5.84 Å². The minimum atomic E-state index is -3.52. The third-order valence-electron chi connectivity index (χ3n) is 5.35. The van der Waals surface area contributed by atoms with Crippen LogP contribution in [-0.4, -0.2) is 38.7 Å². The van der Waals surface area contributed by atoms with Crippen LogP contribution in [0.25, 0.3) is 0 Å². The minimum Gasteiger partial charge on any atom is -0.349 e. The largest absolute Gasteiger partial charge is 0.349 e. The Morgan fingerprint density at radius 2 is 1.75 bits per heavy atom. The van der Waals surface area contributed by atoms with E-state index in [0.717, 1.165) is 25.7 Å². The second-order valence-electron chi connectivity index (χ2n) is 7.98. The maximum absolute atomic E-state index is 12.3. The predicted molar refractivity (Wildman–Crippen MR) is 122 cm³/mol. The molecule has 2 aliphatic rings. The van der Waals surface area contributed by atoms with Crippen LogP contribution in [0.3, 0.4) is 0 Å². The topological polar surface area (TPSA) is 117 Å². The monoisotopic (exact) mass is 454 g/mol. The molecule has 32 heavy (non-hydrogen) atoms. The number of carbonyl (C=O) groups is 2. The quantitative estimate of drug-likeness (QED) is 0.505. The Bertz CT molecular complexity index is 1160. The van der Waals surface area contributed by atoms with Crippen molar-refractivity contribution in [2.24, 2.45) is 4.99 Å². The van der Waals surface area contributed by atoms with Crippen molar-refractivity contribution in [1.82, 2.24) is 10.0 Å². The Labute approximate surface area is 187 Å². The maximum Gasteiger partial charge on any atom is 0.263 e. The lowest BCUT2D eigenvalue weighted by Gasteiger charge is -2.11. The van der Waals surface area contributed by atoms with Crippen LogP contribution >= 0.6 is 0 Å². The number of nitrogens with zero attached hydrogens (tertiary/aromatic N) is 1. The SMILES string of the molecule is O=C(CCCCCN=C1NS(=O)(=O)c2ccccc21)Nc1ccccc1C(=O)NC1CC1. The van der Waals surface area contributed by atoms with E-state index in [1.165, 1.54) is 0 Å². The Hall–Kier alpha value is -3.20. The summed E-state index contributed by atoms with van der Waals surface area (Å²) in [5.74, 6) is 0.0755. The van der Waals surface area contributed by atoms with Crippen molar-refractivity contribution in [2.75, 3.05) is 11.9 Å². The van der Waals surface area contributed by atoms with Crippen molar-refractivity contribution in [2.45, 2.75) is 49.5 Å². The van der Waals surface area contributed by atoms with Crippen LogP contribution < -0.4 is 15.4 Å². The zero-order valence-electron chi connectivity index (χ0n) is 17.6. The molecular weight excluding hydrogens is 428 g/mol. The van der Waals surface area contributed by atoms with Crippen molar-refractivity contribution < 1.29 is 18.0 Å². The molecule has 0 aromatic heterocycles. The van der Waals surface area contributed by atoms with E-state index in [0.29, 0.717) is 42.0 Å². The van der Waals surface area contributed by atoms with Gasteiger partial charge in [-0.1, -0.05) is 30.7 Å². The van der Waals surface area contributed by atoms with Gasteiger partial charge in [0, 0.05) is 24.6 Å². The van der Waals surface area contributed by atoms with Gasteiger partial charge in [0.25, 0.3) is 15.9 Å². The molecule has 1 heterocycles. The van der Waals surface area contributed by atoms with Gasteiger partial charge in [0.2, 0.25) is 5.91 Å². The second-order valence-corrected chi connectivity index (χ2v) is 9.63. The molecule has 2 amide bonds. The molecule has 1 aliphatic carbocycles. The summed E-state index contributed by atoms with van der Waals surface area (Å²) in [6.45, 7) is 0.470. The number of amides is 2. The van der Waals surface area contributed by atoms with E-state index < -0.39 is 10.0 Å². The molecule has 0 radical (unpaired) electrons. The van der Waals surface area contributed by atoms with Crippen LogP contribution in [0.4, 0.5) is 5.69 Å². The summed E-state index contributed by atoms with van der Waals surface area (Å²) in [4.78, 5) is 29.3. The minimum absolute atomic E-state index is 0.138. The zero-order chi connectivity index (χ0) is 22.6. The van der Waals surface area contributed by atoms with Gasteiger partial charge in [-0.25, -0.2) is 8.42 Å². The van der Waals surface area contributed by atoms with Gasteiger partial charge in [0.15, 0.2) is 0 Å². The molecule has 1 fully saturated rings. The number of rotatable bonds is 9. The van der Waals surface area contributed by atoms with Crippen molar-refractivity contribution in [3.63, 3.8) is 0 Å². The van der Waals surface area contributed by atoms with Gasteiger partial charge < -0.3 is 10.6 Å². The lowest BCUT2D eigenvalue weighted by molar-refractivity contribution is -0.116. The third-order valence-corrected chi connectivity index (χ3v) is 6.75. The lowest BCUT2D eigenvalue weighted by atomic mass is 10.1. The molecule has 4 rings (SSSR count). The fourth-order valence-electron chi connectivity index (χ4n) is 3.51. The summed E-state index contributed by atoms with van der Waals surface area (Å²) < 4.78 is 26.7. The number of para-hydroxylation sites is 1. The van der Waals surface area contributed by atoms with E-state index in [-0.39, 0.29) is 22.8 Å². The van der Waals surface area contributed by atoms with Gasteiger partial charge in [0.05, 0.1) is 16.1 Å². The van der Waals surface area contributed by atoms with Crippen LogP contribution in [0.2, 0.25) is 0 Å².